The molecule has 0 aliphatic carbocycles. The molecule has 0 saturated heterocycles. The Morgan fingerprint density at radius 3 is 2.60 bits per heavy atom. The molecule has 2 rings (SSSR count). The molecule has 0 unspecified atom stereocenters. The molecule has 0 aromatic heterocycles. The van der Waals surface area contributed by atoms with Gasteiger partial charge in [0, 0.05) is 6.07 Å². The smallest absolute Gasteiger partial charge is 0.184 e. The zero-order valence-corrected chi connectivity index (χ0v) is 11.9. The van der Waals surface area contributed by atoms with E-state index in [1.165, 1.54) is 12.1 Å². The molecule has 0 amide bonds. The first kappa shape index (κ1) is 14.5. The zero-order chi connectivity index (χ0) is 14.7. The molecule has 0 fully saturated rings. The van der Waals surface area contributed by atoms with Gasteiger partial charge in [-0.25, -0.2) is 4.39 Å². The molecule has 0 heterocycles. The van der Waals surface area contributed by atoms with Crippen LogP contribution >= 0.6 is 11.6 Å². The van der Waals surface area contributed by atoms with Crippen LogP contribution in [0.4, 0.5) is 10.1 Å². The first-order valence-electron chi connectivity index (χ1n) is 6.15. The van der Waals surface area contributed by atoms with Crippen molar-refractivity contribution in [2.75, 3.05) is 5.73 Å². The number of hydrogen-bond acceptors (Lipinski definition) is 3. The molecule has 2 N–H and O–H groups in total. The van der Waals surface area contributed by atoms with Gasteiger partial charge in [0.2, 0.25) is 0 Å². The Bertz CT molecular complexity index is 617. The molecule has 2 aromatic rings. The van der Waals surface area contributed by atoms with Gasteiger partial charge in [0.15, 0.2) is 11.6 Å². The van der Waals surface area contributed by atoms with Gasteiger partial charge in [-0.1, -0.05) is 17.7 Å². The average Bonchev–Trinajstić information content (AvgIpc) is 2.38. The second kappa shape index (κ2) is 6.01. The van der Waals surface area contributed by atoms with Crippen molar-refractivity contribution in [3.8, 4) is 17.2 Å². The topological polar surface area (TPSA) is 44.5 Å². The second-order valence-electron chi connectivity index (χ2n) is 4.52. The Labute approximate surface area is 122 Å². The van der Waals surface area contributed by atoms with Gasteiger partial charge in [-0.05, 0) is 38.1 Å². The van der Waals surface area contributed by atoms with Crippen molar-refractivity contribution in [2.45, 2.75) is 20.0 Å². The summed E-state index contributed by atoms with van der Waals surface area (Å²) in [4.78, 5) is 0. The summed E-state index contributed by atoms with van der Waals surface area (Å²) in [6, 6.07) is 9.48. The number of halogens is 2. The fraction of sp³-hybridized carbons (Fsp3) is 0.200. The third-order valence-corrected chi connectivity index (χ3v) is 2.78. The molecular formula is C15H15ClFNO2. The molecule has 0 atom stereocenters. The summed E-state index contributed by atoms with van der Waals surface area (Å²) >= 11 is 5.71. The summed E-state index contributed by atoms with van der Waals surface area (Å²) in [6.07, 6.45) is -0.0181. The minimum absolute atomic E-state index is 0.0107. The van der Waals surface area contributed by atoms with Crippen LogP contribution in [-0.4, -0.2) is 6.10 Å². The molecule has 3 nitrogen and oxygen atoms in total. The van der Waals surface area contributed by atoms with E-state index in [2.05, 4.69) is 0 Å². The number of benzene rings is 2. The Hall–Kier alpha value is -1.94. The van der Waals surface area contributed by atoms with E-state index in [9.17, 15) is 4.39 Å². The fourth-order valence-electron chi connectivity index (χ4n) is 1.62. The minimum Gasteiger partial charge on any atom is -0.489 e. The van der Waals surface area contributed by atoms with Gasteiger partial charge in [0.05, 0.1) is 16.8 Å². The monoisotopic (exact) mass is 295 g/mol. The molecule has 0 aliphatic heterocycles. The maximum Gasteiger partial charge on any atom is 0.184 e. The number of nitrogens with two attached hydrogens (primary N) is 1. The van der Waals surface area contributed by atoms with Crippen molar-refractivity contribution in [3.05, 3.63) is 47.2 Å². The molecule has 0 spiro atoms. The number of ether oxygens (including phenoxy) is 2. The van der Waals surface area contributed by atoms with E-state index >= 15 is 0 Å². The van der Waals surface area contributed by atoms with Gasteiger partial charge in [-0.15, -0.1) is 0 Å². The largest absolute Gasteiger partial charge is 0.489 e. The zero-order valence-electron chi connectivity index (χ0n) is 11.2. The summed E-state index contributed by atoms with van der Waals surface area (Å²) < 4.78 is 24.8. The SMILES string of the molecule is CC(C)Oc1cc(Oc2cccc(Cl)c2F)ccc1N. The summed E-state index contributed by atoms with van der Waals surface area (Å²) in [5.74, 6) is 0.381. The fourth-order valence-corrected chi connectivity index (χ4v) is 1.79. The van der Waals surface area contributed by atoms with Crippen LogP contribution in [0.5, 0.6) is 17.2 Å². The van der Waals surface area contributed by atoms with Crippen molar-refractivity contribution >= 4 is 17.3 Å². The standard InChI is InChI=1S/C15H15ClFNO2/c1-9(2)19-14-8-10(6-7-12(14)18)20-13-5-3-4-11(16)15(13)17/h3-9H,18H2,1-2H3. The maximum absolute atomic E-state index is 13.8. The molecule has 0 radical (unpaired) electrons. The minimum atomic E-state index is -0.600. The lowest BCUT2D eigenvalue weighted by atomic mass is 10.2. The van der Waals surface area contributed by atoms with Crippen molar-refractivity contribution in [1.29, 1.82) is 0 Å². The normalized spacial score (nSPS) is 10.7. The summed E-state index contributed by atoms with van der Waals surface area (Å²) in [6.45, 7) is 3.78. The third kappa shape index (κ3) is 3.33. The number of hydrogen-bond donors (Lipinski definition) is 1. The van der Waals surface area contributed by atoms with Gasteiger partial charge in [0.1, 0.15) is 11.5 Å². The van der Waals surface area contributed by atoms with Crippen LogP contribution < -0.4 is 15.2 Å². The highest BCUT2D eigenvalue weighted by atomic mass is 35.5. The number of rotatable bonds is 4. The van der Waals surface area contributed by atoms with Crippen LogP contribution in [0, 0.1) is 5.82 Å². The van der Waals surface area contributed by atoms with E-state index in [1.54, 1.807) is 24.3 Å². The maximum atomic E-state index is 13.8. The molecule has 0 bridgehead atoms. The summed E-state index contributed by atoms with van der Waals surface area (Å²) in [5, 5.41) is 0.0107. The molecule has 0 aliphatic rings. The Morgan fingerprint density at radius 1 is 1.15 bits per heavy atom. The highest BCUT2D eigenvalue weighted by Crippen LogP contribution is 2.33. The average molecular weight is 296 g/mol. The van der Waals surface area contributed by atoms with E-state index in [1.807, 2.05) is 13.8 Å². The van der Waals surface area contributed by atoms with Crippen molar-refractivity contribution in [3.63, 3.8) is 0 Å². The van der Waals surface area contributed by atoms with Crippen LogP contribution in [0.25, 0.3) is 0 Å². The molecule has 0 saturated carbocycles. The van der Waals surface area contributed by atoms with Crippen molar-refractivity contribution in [1.82, 2.24) is 0 Å². The lowest BCUT2D eigenvalue weighted by Gasteiger charge is -2.14. The van der Waals surface area contributed by atoms with Gasteiger partial charge < -0.3 is 15.2 Å². The second-order valence-corrected chi connectivity index (χ2v) is 4.93. The van der Waals surface area contributed by atoms with Gasteiger partial charge >= 0.3 is 0 Å². The first-order valence-corrected chi connectivity index (χ1v) is 6.53. The van der Waals surface area contributed by atoms with Crippen molar-refractivity contribution in [2.24, 2.45) is 0 Å². The van der Waals surface area contributed by atoms with Crippen LogP contribution in [-0.2, 0) is 0 Å². The molecule has 106 valence electrons. The third-order valence-electron chi connectivity index (χ3n) is 2.49. The Morgan fingerprint density at radius 2 is 1.90 bits per heavy atom. The van der Waals surface area contributed by atoms with Gasteiger partial charge in [-0.3, -0.25) is 0 Å². The molecular weight excluding hydrogens is 281 g/mol. The highest BCUT2D eigenvalue weighted by Gasteiger charge is 2.10. The lowest BCUT2D eigenvalue weighted by molar-refractivity contribution is 0.243. The van der Waals surface area contributed by atoms with Gasteiger partial charge in [0.25, 0.3) is 0 Å². The highest BCUT2D eigenvalue weighted by molar-refractivity contribution is 6.30. The predicted octanol–water partition coefficient (Wildman–Crippen LogP) is 4.64. The van der Waals surface area contributed by atoms with E-state index in [4.69, 9.17) is 26.8 Å². The van der Waals surface area contributed by atoms with Crippen LogP contribution in [0.2, 0.25) is 5.02 Å². The quantitative estimate of drug-likeness (QED) is 0.836. The Kier molecular flexibility index (Phi) is 4.35. The van der Waals surface area contributed by atoms with Crippen molar-refractivity contribution < 1.29 is 13.9 Å². The molecule has 20 heavy (non-hydrogen) atoms. The van der Waals surface area contributed by atoms with E-state index in [0.717, 1.165) is 0 Å². The first-order chi connectivity index (χ1) is 9.47. The van der Waals surface area contributed by atoms with E-state index in [-0.39, 0.29) is 16.9 Å². The summed E-state index contributed by atoms with van der Waals surface area (Å²) in [7, 11) is 0. The summed E-state index contributed by atoms with van der Waals surface area (Å²) in [5.41, 5.74) is 6.31. The molecule has 5 heteroatoms. The van der Waals surface area contributed by atoms with Gasteiger partial charge in [-0.2, -0.15) is 0 Å². The van der Waals surface area contributed by atoms with E-state index in [0.29, 0.717) is 17.2 Å². The van der Waals surface area contributed by atoms with Crippen LogP contribution in [0.15, 0.2) is 36.4 Å². The number of nitrogen functional groups attached to an aromatic ring is 1. The molecule has 2 aromatic carbocycles. The lowest BCUT2D eigenvalue weighted by Crippen LogP contribution is -2.07. The number of anilines is 1. The Balaban J connectivity index is 2.27. The predicted molar refractivity (Wildman–Crippen MR) is 78.1 cm³/mol. The van der Waals surface area contributed by atoms with Crippen LogP contribution in [0.1, 0.15) is 13.8 Å². The van der Waals surface area contributed by atoms with E-state index < -0.39 is 5.82 Å². The van der Waals surface area contributed by atoms with Crippen LogP contribution in [0.3, 0.4) is 0 Å².